The fourth-order valence-electron chi connectivity index (χ4n) is 2.15. The standard InChI is InChI=1S/C18H14FNO4/c1-11(18(22)20-14-6-4-13(19)5-7-14)23-15-8-2-12-3-9-17(21)24-16(12)10-15/h2-11H,1H3,(H,20,22). The van der Waals surface area contributed by atoms with Crippen LogP contribution in [-0.4, -0.2) is 12.0 Å². The first-order valence-electron chi connectivity index (χ1n) is 7.28. The predicted octanol–water partition coefficient (Wildman–Crippen LogP) is 3.34. The van der Waals surface area contributed by atoms with E-state index in [0.29, 0.717) is 17.0 Å². The van der Waals surface area contributed by atoms with Crippen LogP contribution in [0.2, 0.25) is 0 Å². The van der Waals surface area contributed by atoms with Crippen LogP contribution in [0, 0.1) is 5.82 Å². The average Bonchev–Trinajstić information content (AvgIpc) is 2.56. The van der Waals surface area contributed by atoms with Crippen molar-refractivity contribution in [1.82, 2.24) is 0 Å². The monoisotopic (exact) mass is 327 g/mol. The van der Waals surface area contributed by atoms with Gasteiger partial charge in [-0.2, -0.15) is 0 Å². The number of nitrogens with one attached hydrogen (secondary N) is 1. The summed E-state index contributed by atoms with van der Waals surface area (Å²) in [6.45, 7) is 1.59. The molecule has 1 amide bonds. The molecule has 0 aliphatic heterocycles. The summed E-state index contributed by atoms with van der Waals surface area (Å²) in [6.07, 6.45) is -0.789. The molecule has 1 N–H and O–H groups in total. The Morgan fingerprint density at radius 2 is 1.83 bits per heavy atom. The molecule has 3 aromatic rings. The fraction of sp³-hybridized carbons (Fsp3) is 0.111. The highest BCUT2D eigenvalue weighted by atomic mass is 19.1. The fourth-order valence-corrected chi connectivity index (χ4v) is 2.15. The summed E-state index contributed by atoms with van der Waals surface area (Å²) in [4.78, 5) is 23.4. The minimum atomic E-state index is -0.789. The summed E-state index contributed by atoms with van der Waals surface area (Å²) >= 11 is 0. The number of ether oxygens (including phenoxy) is 1. The van der Waals surface area contributed by atoms with Crippen LogP contribution < -0.4 is 15.7 Å². The van der Waals surface area contributed by atoms with Gasteiger partial charge in [0, 0.05) is 23.2 Å². The lowest BCUT2D eigenvalue weighted by Crippen LogP contribution is -2.30. The van der Waals surface area contributed by atoms with E-state index in [4.69, 9.17) is 9.15 Å². The van der Waals surface area contributed by atoms with E-state index in [9.17, 15) is 14.0 Å². The molecule has 24 heavy (non-hydrogen) atoms. The van der Waals surface area contributed by atoms with E-state index in [-0.39, 0.29) is 11.7 Å². The van der Waals surface area contributed by atoms with Crippen LogP contribution in [0.3, 0.4) is 0 Å². The number of anilines is 1. The van der Waals surface area contributed by atoms with Crippen molar-refractivity contribution < 1.29 is 18.3 Å². The predicted molar refractivity (Wildman–Crippen MR) is 87.6 cm³/mol. The Morgan fingerprint density at radius 3 is 2.58 bits per heavy atom. The molecule has 0 saturated heterocycles. The summed E-state index contributed by atoms with van der Waals surface area (Å²) in [7, 11) is 0. The molecule has 1 atom stereocenters. The molecule has 3 rings (SSSR count). The van der Waals surface area contributed by atoms with Gasteiger partial charge in [-0.1, -0.05) is 0 Å². The molecule has 6 heteroatoms. The van der Waals surface area contributed by atoms with Gasteiger partial charge < -0.3 is 14.5 Å². The zero-order valence-corrected chi connectivity index (χ0v) is 12.8. The van der Waals surface area contributed by atoms with Crippen molar-refractivity contribution >= 4 is 22.6 Å². The second-order valence-corrected chi connectivity index (χ2v) is 5.21. The number of carbonyl (C=O) groups excluding carboxylic acids is 1. The first kappa shape index (κ1) is 15.7. The van der Waals surface area contributed by atoms with Crippen molar-refractivity contribution in [2.24, 2.45) is 0 Å². The summed E-state index contributed by atoms with van der Waals surface area (Å²) in [6, 6.07) is 13.4. The first-order chi connectivity index (χ1) is 11.5. The largest absolute Gasteiger partial charge is 0.481 e. The molecule has 1 aromatic heterocycles. The maximum absolute atomic E-state index is 12.9. The lowest BCUT2D eigenvalue weighted by molar-refractivity contribution is -0.122. The molecule has 0 aliphatic rings. The van der Waals surface area contributed by atoms with Gasteiger partial charge in [0.25, 0.3) is 5.91 Å². The smallest absolute Gasteiger partial charge is 0.336 e. The number of carbonyl (C=O) groups is 1. The van der Waals surface area contributed by atoms with E-state index >= 15 is 0 Å². The van der Waals surface area contributed by atoms with Crippen LogP contribution >= 0.6 is 0 Å². The lowest BCUT2D eigenvalue weighted by Gasteiger charge is -2.15. The molecule has 0 aliphatic carbocycles. The molecule has 1 heterocycles. The highest BCUT2D eigenvalue weighted by molar-refractivity contribution is 5.94. The van der Waals surface area contributed by atoms with Gasteiger partial charge in [-0.05, 0) is 49.4 Å². The van der Waals surface area contributed by atoms with E-state index in [2.05, 4.69) is 5.32 Å². The molecule has 0 fully saturated rings. The van der Waals surface area contributed by atoms with Crippen molar-refractivity contribution in [1.29, 1.82) is 0 Å². The van der Waals surface area contributed by atoms with Gasteiger partial charge in [0.05, 0.1) is 0 Å². The van der Waals surface area contributed by atoms with E-state index in [1.54, 1.807) is 31.2 Å². The van der Waals surface area contributed by atoms with Crippen LogP contribution in [-0.2, 0) is 4.79 Å². The molecule has 1 unspecified atom stereocenters. The Labute approximate surface area is 136 Å². The Hall–Kier alpha value is -3.15. The van der Waals surface area contributed by atoms with Crippen LogP contribution in [0.4, 0.5) is 10.1 Å². The topological polar surface area (TPSA) is 68.5 Å². The summed E-state index contributed by atoms with van der Waals surface area (Å²) in [5, 5.41) is 3.39. The Kier molecular flexibility index (Phi) is 4.29. The van der Waals surface area contributed by atoms with Gasteiger partial charge in [0.1, 0.15) is 17.1 Å². The minimum absolute atomic E-state index is 0.379. The number of fused-ring (bicyclic) bond motifs is 1. The van der Waals surface area contributed by atoms with Crippen molar-refractivity contribution in [3.05, 3.63) is 70.8 Å². The van der Waals surface area contributed by atoms with Crippen LogP contribution in [0.5, 0.6) is 5.75 Å². The molecule has 2 aromatic carbocycles. The third-order valence-corrected chi connectivity index (χ3v) is 3.39. The van der Waals surface area contributed by atoms with Gasteiger partial charge in [-0.15, -0.1) is 0 Å². The van der Waals surface area contributed by atoms with E-state index < -0.39 is 11.7 Å². The molecule has 122 valence electrons. The van der Waals surface area contributed by atoms with Crippen LogP contribution in [0.25, 0.3) is 11.0 Å². The van der Waals surface area contributed by atoms with Crippen molar-refractivity contribution in [3.8, 4) is 5.75 Å². The summed E-state index contributed by atoms with van der Waals surface area (Å²) in [5.41, 5.74) is 0.397. The van der Waals surface area contributed by atoms with Crippen molar-refractivity contribution in [3.63, 3.8) is 0 Å². The van der Waals surface area contributed by atoms with Gasteiger partial charge in [-0.3, -0.25) is 4.79 Å². The van der Waals surface area contributed by atoms with E-state index in [1.165, 1.54) is 30.3 Å². The highest BCUT2D eigenvalue weighted by Crippen LogP contribution is 2.20. The number of hydrogen-bond acceptors (Lipinski definition) is 4. The van der Waals surface area contributed by atoms with Gasteiger partial charge in [0.15, 0.2) is 6.10 Å². The molecular formula is C18H14FNO4. The number of amides is 1. The Morgan fingerprint density at radius 1 is 1.12 bits per heavy atom. The second-order valence-electron chi connectivity index (χ2n) is 5.21. The zero-order chi connectivity index (χ0) is 17.1. The number of halogens is 1. The van der Waals surface area contributed by atoms with Gasteiger partial charge >= 0.3 is 5.63 Å². The van der Waals surface area contributed by atoms with Crippen LogP contribution in [0.15, 0.2) is 63.8 Å². The molecule has 5 nitrogen and oxygen atoms in total. The number of benzene rings is 2. The maximum atomic E-state index is 12.9. The SMILES string of the molecule is CC(Oc1ccc2ccc(=O)oc2c1)C(=O)Nc1ccc(F)cc1. The lowest BCUT2D eigenvalue weighted by atomic mass is 10.2. The second kappa shape index (κ2) is 6.54. The zero-order valence-electron chi connectivity index (χ0n) is 12.8. The number of hydrogen-bond donors (Lipinski definition) is 1. The molecule has 0 radical (unpaired) electrons. The highest BCUT2D eigenvalue weighted by Gasteiger charge is 2.15. The molecule has 0 spiro atoms. The van der Waals surface area contributed by atoms with Crippen LogP contribution in [0.1, 0.15) is 6.92 Å². The minimum Gasteiger partial charge on any atom is -0.481 e. The van der Waals surface area contributed by atoms with Crippen molar-refractivity contribution in [2.45, 2.75) is 13.0 Å². The third-order valence-electron chi connectivity index (χ3n) is 3.39. The maximum Gasteiger partial charge on any atom is 0.336 e. The first-order valence-corrected chi connectivity index (χ1v) is 7.28. The van der Waals surface area contributed by atoms with Gasteiger partial charge in [-0.25, -0.2) is 9.18 Å². The number of rotatable bonds is 4. The van der Waals surface area contributed by atoms with E-state index in [1.807, 2.05) is 0 Å². The van der Waals surface area contributed by atoms with Crippen molar-refractivity contribution in [2.75, 3.05) is 5.32 Å². The normalized spacial score (nSPS) is 11.9. The van der Waals surface area contributed by atoms with E-state index in [0.717, 1.165) is 5.39 Å². The summed E-state index contributed by atoms with van der Waals surface area (Å²) < 4.78 is 23.5. The third kappa shape index (κ3) is 3.60. The molecule has 0 bridgehead atoms. The molecule has 0 saturated carbocycles. The quantitative estimate of drug-likeness (QED) is 0.746. The Bertz CT molecular complexity index is 934. The average molecular weight is 327 g/mol. The molecular weight excluding hydrogens is 313 g/mol. The van der Waals surface area contributed by atoms with Gasteiger partial charge in [0.2, 0.25) is 0 Å². The Balaban J connectivity index is 1.71. The summed E-state index contributed by atoms with van der Waals surface area (Å²) in [5.74, 6) is -0.357.